The molecule has 8 heteroatoms. The number of aromatic nitrogens is 2. The summed E-state index contributed by atoms with van der Waals surface area (Å²) in [5.74, 6) is 0.0358. The van der Waals surface area contributed by atoms with E-state index in [1.807, 2.05) is 20.8 Å². The van der Waals surface area contributed by atoms with E-state index in [0.29, 0.717) is 36.1 Å². The van der Waals surface area contributed by atoms with E-state index in [1.54, 1.807) is 0 Å². The van der Waals surface area contributed by atoms with Crippen molar-refractivity contribution in [2.45, 2.75) is 37.8 Å². The van der Waals surface area contributed by atoms with Gasteiger partial charge in [0.25, 0.3) is 5.19 Å². The Bertz CT molecular complexity index is 400. The molecule has 1 atom stereocenters. The number of rotatable bonds is 7. The van der Waals surface area contributed by atoms with Crippen molar-refractivity contribution in [3.63, 3.8) is 0 Å². The molecule has 1 fully saturated rings. The van der Waals surface area contributed by atoms with Crippen LogP contribution in [0.2, 0.25) is 0 Å². The van der Waals surface area contributed by atoms with Crippen LogP contribution in [0.15, 0.2) is 5.16 Å². The Morgan fingerprint density at radius 2 is 2.37 bits per heavy atom. The number of hydrogen-bond acceptors (Lipinski definition) is 8. The molecular formula is C11H18N2O4S2. The second kappa shape index (κ2) is 6.85. The van der Waals surface area contributed by atoms with E-state index in [2.05, 4.69) is 9.36 Å². The lowest BCUT2D eigenvalue weighted by Gasteiger charge is -2.16. The molecule has 1 unspecified atom stereocenters. The van der Waals surface area contributed by atoms with Gasteiger partial charge in [0.15, 0.2) is 5.79 Å². The summed E-state index contributed by atoms with van der Waals surface area (Å²) in [6, 6.07) is 0. The number of ether oxygens (including phenoxy) is 4. The van der Waals surface area contributed by atoms with Crippen LogP contribution in [-0.4, -0.2) is 47.0 Å². The topological polar surface area (TPSA) is 62.7 Å². The number of nitrogens with zero attached hydrogens (tertiary/aromatic N) is 2. The Morgan fingerprint density at radius 3 is 3.05 bits per heavy atom. The first-order chi connectivity index (χ1) is 9.09. The van der Waals surface area contributed by atoms with Crippen molar-refractivity contribution < 1.29 is 18.9 Å². The van der Waals surface area contributed by atoms with Crippen LogP contribution in [0.3, 0.4) is 0 Å². The standard InChI is InChI=1S/C11H18N2O4S2/c1-4-14-7-18-9-12-10(19-13-9)15-5-8-6-16-11(2,3)17-8/h8H,4-7H2,1-3H3. The molecule has 2 heterocycles. The molecule has 0 radical (unpaired) electrons. The first-order valence-electron chi connectivity index (χ1n) is 6.08. The molecular weight excluding hydrogens is 288 g/mol. The molecule has 0 N–H and O–H groups in total. The smallest absolute Gasteiger partial charge is 0.294 e. The molecule has 0 bridgehead atoms. The molecule has 1 aromatic rings. The van der Waals surface area contributed by atoms with E-state index in [1.165, 1.54) is 23.3 Å². The summed E-state index contributed by atoms with van der Waals surface area (Å²) in [4.78, 5) is 4.25. The highest BCUT2D eigenvalue weighted by Crippen LogP contribution is 2.25. The van der Waals surface area contributed by atoms with Crippen LogP contribution in [0.25, 0.3) is 0 Å². The van der Waals surface area contributed by atoms with Crippen molar-refractivity contribution in [1.82, 2.24) is 9.36 Å². The van der Waals surface area contributed by atoms with Gasteiger partial charge in [0.1, 0.15) is 12.7 Å². The van der Waals surface area contributed by atoms with Crippen molar-refractivity contribution in [3.8, 4) is 5.19 Å². The van der Waals surface area contributed by atoms with Gasteiger partial charge < -0.3 is 18.9 Å². The maximum atomic E-state index is 5.64. The van der Waals surface area contributed by atoms with E-state index in [9.17, 15) is 0 Å². The first kappa shape index (κ1) is 15.0. The average Bonchev–Trinajstić information content (AvgIpc) is 2.94. The molecule has 1 aliphatic rings. The summed E-state index contributed by atoms with van der Waals surface area (Å²) in [7, 11) is 0. The van der Waals surface area contributed by atoms with Crippen molar-refractivity contribution in [2.75, 3.05) is 25.8 Å². The Kier molecular flexibility index (Phi) is 5.40. The van der Waals surface area contributed by atoms with Crippen molar-refractivity contribution in [1.29, 1.82) is 0 Å². The molecule has 1 aliphatic heterocycles. The van der Waals surface area contributed by atoms with Crippen LogP contribution >= 0.6 is 23.3 Å². The molecule has 1 saturated heterocycles. The second-order valence-electron chi connectivity index (χ2n) is 4.36. The van der Waals surface area contributed by atoms with E-state index < -0.39 is 5.79 Å². The van der Waals surface area contributed by atoms with Crippen molar-refractivity contribution in [2.24, 2.45) is 0 Å². The zero-order chi connectivity index (χ0) is 13.7. The summed E-state index contributed by atoms with van der Waals surface area (Å²) in [5, 5.41) is 1.23. The third kappa shape index (κ3) is 4.88. The highest BCUT2D eigenvalue weighted by atomic mass is 32.2. The molecule has 19 heavy (non-hydrogen) atoms. The van der Waals surface area contributed by atoms with E-state index in [4.69, 9.17) is 18.9 Å². The minimum atomic E-state index is -0.520. The summed E-state index contributed by atoms with van der Waals surface area (Å²) >= 11 is 2.69. The Labute approximate surface area is 121 Å². The monoisotopic (exact) mass is 306 g/mol. The summed E-state index contributed by atoms with van der Waals surface area (Å²) in [6.07, 6.45) is -0.0570. The third-order valence-corrected chi connectivity index (χ3v) is 3.79. The van der Waals surface area contributed by atoms with Gasteiger partial charge in [0.05, 0.1) is 12.5 Å². The molecule has 0 aliphatic carbocycles. The van der Waals surface area contributed by atoms with Gasteiger partial charge in [0, 0.05) is 18.1 Å². The normalized spacial score (nSPS) is 21.7. The predicted molar refractivity (Wildman–Crippen MR) is 72.7 cm³/mol. The molecule has 1 aromatic heterocycles. The van der Waals surface area contributed by atoms with Gasteiger partial charge in [-0.05, 0) is 20.8 Å². The van der Waals surface area contributed by atoms with Crippen LogP contribution < -0.4 is 4.74 Å². The maximum absolute atomic E-state index is 5.64. The van der Waals surface area contributed by atoms with Gasteiger partial charge in [-0.2, -0.15) is 9.36 Å². The zero-order valence-electron chi connectivity index (χ0n) is 11.2. The van der Waals surface area contributed by atoms with Crippen LogP contribution in [-0.2, 0) is 14.2 Å². The highest BCUT2D eigenvalue weighted by molar-refractivity contribution is 7.99. The molecule has 0 spiro atoms. The van der Waals surface area contributed by atoms with Crippen molar-refractivity contribution >= 4 is 23.3 Å². The number of thioether (sulfide) groups is 1. The lowest BCUT2D eigenvalue weighted by atomic mass is 10.4. The largest absolute Gasteiger partial charge is 0.466 e. The van der Waals surface area contributed by atoms with Gasteiger partial charge in [-0.1, -0.05) is 11.8 Å². The van der Waals surface area contributed by atoms with E-state index in [-0.39, 0.29) is 6.10 Å². The lowest BCUT2D eigenvalue weighted by Crippen LogP contribution is -2.25. The summed E-state index contributed by atoms with van der Waals surface area (Å²) < 4.78 is 26.1. The quantitative estimate of drug-likeness (QED) is 0.434. The minimum absolute atomic E-state index is 0.0570. The van der Waals surface area contributed by atoms with Gasteiger partial charge in [-0.15, -0.1) is 0 Å². The average molecular weight is 306 g/mol. The van der Waals surface area contributed by atoms with E-state index >= 15 is 0 Å². The second-order valence-corrected chi connectivity index (χ2v) is 5.96. The van der Waals surface area contributed by atoms with Gasteiger partial charge >= 0.3 is 0 Å². The van der Waals surface area contributed by atoms with Crippen molar-refractivity contribution in [3.05, 3.63) is 0 Å². The molecule has 0 amide bonds. The maximum Gasteiger partial charge on any atom is 0.294 e. The van der Waals surface area contributed by atoms with Gasteiger partial charge in [-0.25, -0.2) is 0 Å². The SMILES string of the molecule is CCOCSc1nsc(OCC2COC(C)(C)O2)n1. The Hall–Kier alpha value is -0.410. The van der Waals surface area contributed by atoms with Crippen LogP contribution in [0.5, 0.6) is 5.19 Å². The Morgan fingerprint density at radius 1 is 1.53 bits per heavy atom. The van der Waals surface area contributed by atoms with Gasteiger partial charge in [-0.3, -0.25) is 0 Å². The van der Waals surface area contributed by atoms with Crippen LogP contribution in [0.1, 0.15) is 20.8 Å². The minimum Gasteiger partial charge on any atom is -0.466 e. The molecule has 0 aromatic carbocycles. The molecule has 6 nitrogen and oxygen atoms in total. The first-order valence-corrected chi connectivity index (χ1v) is 7.84. The predicted octanol–water partition coefficient (Wildman–Crippen LogP) is 2.15. The Balaban J connectivity index is 1.71. The zero-order valence-corrected chi connectivity index (χ0v) is 12.9. The third-order valence-electron chi connectivity index (χ3n) is 2.32. The van der Waals surface area contributed by atoms with E-state index in [0.717, 1.165) is 0 Å². The fourth-order valence-electron chi connectivity index (χ4n) is 1.50. The highest BCUT2D eigenvalue weighted by Gasteiger charge is 2.33. The summed E-state index contributed by atoms with van der Waals surface area (Å²) in [5.41, 5.74) is 0. The number of hydrogen-bond donors (Lipinski definition) is 0. The lowest BCUT2D eigenvalue weighted by molar-refractivity contribution is -0.141. The van der Waals surface area contributed by atoms with Gasteiger partial charge in [0.2, 0.25) is 5.16 Å². The molecule has 2 rings (SSSR count). The fourth-order valence-corrected chi connectivity index (χ4v) is 2.83. The summed E-state index contributed by atoms with van der Waals surface area (Å²) in [6.45, 7) is 7.39. The van der Waals surface area contributed by atoms with Crippen LogP contribution in [0.4, 0.5) is 0 Å². The fraction of sp³-hybridized carbons (Fsp3) is 0.818. The molecule has 0 saturated carbocycles. The van der Waals surface area contributed by atoms with Crippen LogP contribution in [0, 0.1) is 0 Å². The molecule has 108 valence electrons.